The van der Waals surface area contributed by atoms with Crippen molar-refractivity contribution in [3.8, 4) is 5.75 Å². The van der Waals surface area contributed by atoms with Gasteiger partial charge >= 0.3 is 0 Å². The molecule has 0 aliphatic carbocycles. The highest BCUT2D eigenvalue weighted by atomic mass is 35.5. The molecular formula is C30H35Cl2N3O5S. The van der Waals surface area contributed by atoms with Crippen molar-refractivity contribution >= 4 is 50.7 Å². The Hall–Kier alpha value is -3.27. The van der Waals surface area contributed by atoms with Crippen molar-refractivity contribution in [2.45, 2.75) is 51.1 Å². The van der Waals surface area contributed by atoms with Crippen molar-refractivity contribution in [3.05, 3.63) is 88.4 Å². The number of anilines is 1. The number of amides is 2. The number of sulfonamides is 1. The summed E-state index contributed by atoms with van der Waals surface area (Å²) in [5.41, 5.74) is 0.932. The standard InChI is InChI=1S/C30H35Cl2N3O5S/c1-4-6-19-33-30(37)22(3)34(20-23-11-13-24(31)14-12-23)29(36)21-35(27-9-7-8-10-28(27)40-5-2)41(38,39)26-17-15-25(32)16-18-26/h7-18,22H,4-6,19-21H2,1-3H3,(H,33,37)/t22-/m0/s1. The lowest BCUT2D eigenvalue weighted by molar-refractivity contribution is -0.139. The van der Waals surface area contributed by atoms with E-state index in [1.54, 1.807) is 62.4 Å². The molecule has 3 aromatic rings. The van der Waals surface area contributed by atoms with Gasteiger partial charge < -0.3 is 15.0 Å². The minimum atomic E-state index is -4.25. The highest BCUT2D eigenvalue weighted by Gasteiger charge is 2.33. The molecule has 41 heavy (non-hydrogen) atoms. The Morgan fingerprint density at radius 1 is 0.927 bits per heavy atom. The zero-order valence-electron chi connectivity index (χ0n) is 23.3. The second kappa shape index (κ2) is 15.1. The van der Waals surface area contributed by atoms with E-state index in [1.165, 1.54) is 29.2 Å². The van der Waals surface area contributed by atoms with Crippen molar-refractivity contribution < 1.29 is 22.7 Å². The van der Waals surface area contributed by atoms with Gasteiger partial charge in [-0.2, -0.15) is 0 Å². The van der Waals surface area contributed by atoms with E-state index in [2.05, 4.69) is 5.32 Å². The number of unbranched alkanes of at least 4 members (excludes halogenated alkanes) is 1. The van der Waals surface area contributed by atoms with Crippen molar-refractivity contribution in [2.24, 2.45) is 0 Å². The maximum absolute atomic E-state index is 14.0. The topological polar surface area (TPSA) is 96.0 Å². The maximum Gasteiger partial charge on any atom is 0.264 e. The number of ether oxygens (including phenoxy) is 1. The Morgan fingerprint density at radius 3 is 2.15 bits per heavy atom. The second-order valence-corrected chi connectivity index (χ2v) is 12.1. The van der Waals surface area contributed by atoms with Crippen molar-refractivity contribution in [1.82, 2.24) is 10.2 Å². The van der Waals surface area contributed by atoms with Gasteiger partial charge in [-0.1, -0.05) is 60.8 Å². The van der Waals surface area contributed by atoms with E-state index in [-0.39, 0.29) is 29.6 Å². The van der Waals surface area contributed by atoms with Crippen LogP contribution >= 0.6 is 23.2 Å². The number of nitrogens with zero attached hydrogens (tertiary/aromatic N) is 2. The third-order valence-electron chi connectivity index (χ3n) is 6.38. The predicted molar refractivity (Wildman–Crippen MR) is 163 cm³/mol. The van der Waals surface area contributed by atoms with E-state index in [0.29, 0.717) is 22.3 Å². The molecule has 0 saturated heterocycles. The molecule has 2 amide bonds. The smallest absolute Gasteiger partial charge is 0.264 e. The van der Waals surface area contributed by atoms with Crippen LogP contribution in [-0.4, -0.2) is 50.9 Å². The lowest BCUT2D eigenvalue weighted by Crippen LogP contribution is -2.51. The van der Waals surface area contributed by atoms with Crippen LogP contribution in [-0.2, 0) is 26.2 Å². The van der Waals surface area contributed by atoms with Crippen LogP contribution in [0.5, 0.6) is 5.75 Å². The molecule has 0 bridgehead atoms. The third-order valence-corrected chi connectivity index (χ3v) is 8.66. The van der Waals surface area contributed by atoms with Gasteiger partial charge in [-0.25, -0.2) is 8.42 Å². The summed E-state index contributed by atoms with van der Waals surface area (Å²) in [6, 6.07) is 18.4. The fraction of sp³-hybridized carbons (Fsp3) is 0.333. The quantitative estimate of drug-likeness (QED) is 0.226. The number of hydrogen-bond acceptors (Lipinski definition) is 5. The summed E-state index contributed by atoms with van der Waals surface area (Å²) in [7, 11) is -4.25. The number of halogens is 2. The van der Waals surface area contributed by atoms with Gasteiger partial charge in [0.25, 0.3) is 10.0 Å². The molecule has 0 aliphatic heterocycles. The molecule has 0 saturated carbocycles. The summed E-state index contributed by atoms with van der Waals surface area (Å²) < 4.78 is 34.7. The molecule has 0 aliphatic rings. The summed E-state index contributed by atoms with van der Waals surface area (Å²) in [5.74, 6) is -0.598. The number of benzene rings is 3. The fourth-order valence-corrected chi connectivity index (χ4v) is 5.77. The largest absolute Gasteiger partial charge is 0.492 e. The van der Waals surface area contributed by atoms with E-state index in [0.717, 1.165) is 22.7 Å². The number of rotatable bonds is 14. The minimum absolute atomic E-state index is 0.0457. The molecule has 0 heterocycles. The SMILES string of the molecule is CCCCNC(=O)[C@H](C)N(Cc1ccc(Cl)cc1)C(=O)CN(c1ccccc1OCC)S(=O)(=O)c1ccc(Cl)cc1. The summed E-state index contributed by atoms with van der Waals surface area (Å²) in [5, 5.41) is 3.77. The van der Waals surface area contributed by atoms with Crippen molar-refractivity contribution in [1.29, 1.82) is 0 Å². The molecule has 11 heteroatoms. The zero-order valence-corrected chi connectivity index (χ0v) is 25.7. The summed E-state index contributed by atoms with van der Waals surface area (Å²) in [6.45, 7) is 5.68. The van der Waals surface area contributed by atoms with Crippen LogP contribution in [0.25, 0.3) is 0 Å². The van der Waals surface area contributed by atoms with E-state index in [4.69, 9.17) is 27.9 Å². The van der Waals surface area contributed by atoms with Gasteiger partial charge in [0, 0.05) is 23.1 Å². The van der Waals surface area contributed by atoms with Crippen molar-refractivity contribution in [3.63, 3.8) is 0 Å². The first-order chi connectivity index (χ1) is 19.6. The molecule has 220 valence electrons. The van der Waals surface area contributed by atoms with Crippen LogP contribution in [0, 0.1) is 0 Å². The third kappa shape index (κ3) is 8.61. The number of hydrogen-bond donors (Lipinski definition) is 1. The Bertz CT molecular complexity index is 1420. The van der Waals surface area contributed by atoms with Crippen LogP contribution in [0.3, 0.4) is 0 Å². The van der Waals surface area contributed by atoms with Crippen LogP contribution in [0.1, 0.15) is 39.2 Å². The number of carbonyl (C=O) groups excluding carboxylic acids is 2. The van der Waals surface area contributed by atoms with Gasteiger partial charge in [0.05, 0.1) is 17.2 Å². The van der Waals surface area contributed by atoms with Crippen LogP contribution in [0.2, 0.25) is 10.0 Å². The van der Waals surface area contributed by atoms with E-state index in [1.807, 2.05) is 6.92 Å². The highest BCUT2D eigenvalue weighted by molar-refractivity contribution is 7.92. The molecule has 3 aromatic carbocycles. The number of para-hydroxylation sites is 2. The van der Waals surface area contributed by atoms with Crippen LogP contribution < -0.4 is 14.4 Å². The highest BCUT2D eigenvalue weighted by Crippen LogP contribution is 2.33. The second-order valence-electron chi connectivity index (χ2n) is 9.33. The summed E-state index contributed by atoms with van der Waals surface area (Å²) >= 11 is 12.1. The number of nitrogens with one attached hydrogen (secondary N) is 1. The van der Waals surface area contributed by atoms with E-state index >= 15 is 0 Å². The van der Waals surface area contributed by atoms with Gasteiger partial charge in [-0.15, -0.1) is 0 Å². The average molecular weight is 621 g/mol. The molecule has 1 N–H and O–H groups in total. The normalized spacial score (nSPS) is 11.9. The zero-order chi connectivity index (χ0) is 30.0. The Balaban J connectivity index is 2.04. The Morgan fingerprint density at radius 2 is 1.54 bits per heavy atom. The monoisotopic (exact) mass is 619 g/mol. The van der Waals surface area contributed by atoms with Gasteiger partial charge in [-0.05, 0) is 74.4 Å². The fourth-order valence-electron chi connectivity index (χ4n) is 4.09. The van der Waals surface area contributed by atoms with Gasteiger partial charge in [0.15, 0.2) is 0 Å². The molecule has 1 atom stereocenters. The van der Waals surface area contributed by atoms with Crippen LogP contribution in [0.15, 0.2) is 77.7 Å². The first kappa shape index (κ1) is 32.2. The summed E-state index contributed by atoms with van der Waals surface area (Å²) in [4.78, 5) is 28.4. The lowest BCUT2D eigenvalue weighted by atomic mass is 10.1. The minimum Gasteiger partial charge on any atom is -0.492 e. The van der Waals surface area contributed by atoms with Gasteiger partial charge in [0.2, 0.25) is 11.8 Å². The maximum atomic E-state index is 14.0. The summed E-state index contributed by atoms with van der Waals surface area (Å²) in [6.07, 6.45) is 1.70. The molecular weight excluding hydrogens is 585 g/mol. The molecule has 0 aromatic heterocycles. The lowest BCUT2D eigenvalue weighted by Gasteiger charge is -2.32. The molecule has 0 radical (unpaired) electrons. The molecule has 0 spiro atoms. The first-order valence-electron chi connectivity index (χ1n) is 13.4. The van der Waals surface area contributed by atoms with E-state index in [9.17, 15) is 18.0 Å². The average Bonchev–Trinajstić information content (AvgIpc) is 2.96. The molecule has 0 fully saturated rings. The van der Waals surface area contributed by atoms with Gasteiger partial charge in [0.1, 0.15) is 18.3 Å². The van der Waals surface area contributed by atoms with Crippen molar-refractivity contribution in [2.75, 3.05) is 24.0 Å². The Labute approximate surface area is 252 Å². The predicted octanol–water partition coefficient (Wildman–Crippen LogP) is 5.92. The first-order valence-corrected chi connectivity index (χ1v) is 15.6. The number of carbonyl (C=O) groups is 2. The molecule has 0 unspecified atom stereocenters. The van der Waals surface area contributed by atoms with Gasteiger partial charge in [-0.3, -0.25) is 13.9 Å². The molecule has 8 nitrogen and oxygen atoms in total. The van der Waals surface area contributed by atoms with Crippen LogP contribution in [0.4, 0.5) is 5.69 Å². The Kier molecular flexibility index (Phi) is 11.9. The van der Waals surface area contributed by atoms with E-state index < -0.39 is 28.5 Å². The molecule has 3 rings (SSSR count).